The number of carbonyl (C=O) groups excluding carboxylic acids is 2. The second kappa shape index (κ2) is 10.3. The average molecular weight is 450 g/mol. The first-order chi connectivity index (χ1) is 14.6. The molecule has 2 atom stereocenters. The molecule has 9 nitrogen and oxygen atoms in total. The van der Waals surface area contributed by atoms with E-state index in [0.29, 0.717) is 22.7 Å². The van der Waals surface area contributed by atoms with Gasteiger partial charge in [-0.15, -0.1) is 0 Å². The minimum Gasteiger partial charge on any atom is -0.497 e. The van der Waals surface area contributed by atoms with Gasteiger partial charge in [-0.25, -0.2) is 8.42 Å². The number of rotatable bonds is 9. The van der Waals surface area contributed by atoms with Crippen molar-refractivity contribution in [2.45, 2.75) is 37.8 Å². The number of carbonyl (C=O) groups is 2. The fourth-order valence-electron chi connectivity index (χ4n) is 2.87. The number of sulfonamides is 1. The van der Waals surface area contributed by atoms with Crippen LogP contribution in [-0.4, -0.2) is 40.5 Å². The molecule has 0 fully saturated rings. The van der Waals surface area contributed by atoms with E-state index >= 15 is 0 Å². The Morgan fingerprint density at radius 2 is 1.61 bits per heavy atom. The van der Waals surface area contributed by atoms with E-state index < -0.39 is 28.0 Å². The maximum Gasteiger partial charge on any atom is 0.241 e. The van der Waals surface area contributed by atoms with Crippen LogP contribution in [-0.2, 0) is 19.6 Å². The number of hydrogen-bond donors (Lipinski definition) is 3. The molecule has 0 spiro atoms. The lowest BCUT2D eigenvalue weighted by Crippen LogP contribution is -2.45. The van der Waals surface area contributed by atoms with Gasteiger partial charge in [0.15, 0.2) is 0 Å². The number of hydrogen-bond acceptors (Lipinski definition) is 6. The second-order valence-corrected chi connectivity index (χ2v) is 8.60. The standard InChI is InChI=1S/C21H27N3O6S/c1-13(19-12-17(29-4)8-11-20(19)30-5)22-21(26)14(2)24-31(27,28)18-9-6-16(7-10-18)23-15(3)25/h6-14,24H,1-5H3,(H,22,26)(H,23,25)/t13?,14-/m0/s1. The summed E-state index contributed by atoms with van der Waals surface area (Å²) in [5.74, 6) is 0.408. The highest BCUT2D eigenvalue weighted by Gasteiger charge is 2.24. The van der Waals surface area contributed by atoms with Crippen LogP contribution in [0.25, 0.3) is 0 Å². The molecular weight excluding hydrogens is 422 g/mol. The molecule has 31 heavy (non-hydrogen) atoms. The number of anilines is 1. The minimum absolute atomic E-state index is 0.0243. The van der Waals surface area contributed by atoms with Crippen LogP contribution in [0.5, 0.6) is 11.5 Å². The Morgan fingerprint density at radius 3 is 2.16 bits per heavy atom. The highest BCUT2D eigenvalue weighted by molar-refractivity contribution is 7.89. The molecule has 168 valence electrons. The molecule has 1 unspecified atom stereocenters. The van der Waals surface area contributed by atoms with Gasteiger partial charge >= 0.3 is 0 Å². The van der Waals surface area contributed by atoms with Crippen LogP contribution < -0.4 is 24.8 Å². The number of amides is 2. The number of benzene rings is 2. The third-order valence-corrected chi connectivity index (χ3v) is 6.03. The highest BCUT2D eigenvalue weighted by atomic mass is 32.2. The molecule has 0 bridgehead atoms. The lowest BCUT2D eigenvalue weighted by molar-refractivity contribution is -0.123. The third-order valence-electron chi connectivity index (χ3n) is 4.47. The number of methoxy groups -OCH3 is 2. The predicted molar refractivity (Wildman–Crippen MR) is 117 cm³/mol. The predicted octanol–water partition coefficient (Wildman–Crippen LogP) is 2.21. The largest absolute Gasteiger partial charge is 0.497 e. The van der Waals surface area contributed by atoms with Gasteiger partial charge in [0.05, 0.1) is 31.2 Å². The van der Waals surface area contributed by atoms with Gasteiger partial charge in [0.2, 0.25) is 21.8 Å². The maximum atomic E-state index is 12.6. The summed E-state index contributed by atoms with van der Waals surface area (Å²) in [7, 11) is -0.884. The molecule has 0 saturated carbocycles. The van der Waals surface area contributed by atoms with Crippen molar-refractivity contribution in [1.29, 1.82) is 0 Å². The lowest BCUT2D eigenvalue weighted by Gasteiger charge is -2.21. The van der Waals surface area contributed by atoms with Crippen molar-refractivity contribution in [3.05, 3.63) is 48.0 Å². The molecule has 0 heterocycles. The number of ether oxygens (including phenoxy) is 2. The van der Waals surface area contributed by atoms with E-state index in [9.17, 15) is 18.0 Å². The summed E-state index contributed by atoms with van der Waals surface area (Å²) in [6.45, 7) is 4.57. The average Bonchev–Trinajstić information content (AvgIpc) is 2.72. The van der Waals surface area contributed by atoms with Gasteiger partial charge in [-0.05, 0) is 56.3 Å². The van der Waals surface area contributed by atoms with Crippen LogP contribution in [0.15, 0.2) is 47.4 Å². The topological polar surface area (TPSA) is 123 Å². The van der Waals surface area contributed by atoms with Gasteiger partial charge in [-0.3, -0.25) is 9.59 Å². The Labute approximate surface area is 182 Å². The molecule has 2 aromatic carbocycles. The third kappa shape index (κ3) is 6.43. The molecular formula is C21H27N3O6S. The molecule has 2 rings (SSSR count). The van der Waals surface area contributed by atoms with E-state index in [1.54, 1.807) is 25.1 Å². The van der Waals surface area contributed by atoms with Gasteiger partial charge in [-0.1, -0.05) is 0 Å². The van der Waals surface area contributed by atoms with Gasteiger partial charge < -0.3 is 20.1 Å². The van der Waals surface area contributed by atoms with Crippen LogP contribution in [0.4, 0.5) is 5.69 Å². The normalized spacial score (nSPS) is 13.1. The first kappa shape index (κ1) is 24.2. The monoisotopic (exact) mass is 449 g/mol. The van der Waals surface area contributed by atoms with Crippen molar-refractivity contribution < 1.29 is 27.5 Å². The summed E-state index contributed by atoms with van der Waals surface area (Å²) in [5, 5.41) is 5.34. The fourth-order valence-corrected chi connectivity index (χ4v) is 4.07. The fraction of sp³-hybridized carbons (Fsp3) is 0.333. The molecule has 0 aliphatic carbocycles. The molecule has 10 heteroatoms. The summed E-state index contributed by atoms with van der Waals surface area (Å²) in [6, 6.07) is 9.37. The quantitative estimate of drug-likeness (QED) is 0.539. The van der Waals surface area contributed by atoms with Gasteiger partial charge in [0.1, 0.15) is 11.5 Å². The van der Waals surface area contributed by atoms with Crippen molar-refractivity contribution >= 4 is 27.5 Å². The number of nitrogens with one attached hydrogen (secondary N) is 3. The molecule has 0 saturated heterocycles. The Balaban J connectivity index is 2.08. The van der Waals surface area contributed by atoms with Gasteiger partial charge in [0.25, 0.3) is 0 Å². The van der Waals surface area contributed by atoms with Crippen LogP contribution >= 0.6 is 0 Å². The van der Waals surface area contributed by atoms with E-state index in [0.717, 1.165) is 0 Å². The van der Waals surface area contributed by atoms with Crippen molar-refractivity contribution in [1.82, 2.24) is 10.0 Å². The van der Waals surface area contributed by atoms with Crippen molar-refractivity contribution in [2.75, 3.05) is 19.5 Å². The molecule has 0 aliphatic rings. The molecule has 2 amide bonds. The zero-order valence-electron chi connectivity index (χ0n) is 18.1. The van der Waals surface area contributed by atoms with Crippen molar-refractivity contribution in [2.24, 2.45) is 0 Å². The van der Waals surface area contributed by atoms with E-state index in [-0.39, 0.29) is 10.8 Å². The first-order valence-electron chi connectivity index (χ1n) is 9.49. The highest BCUT2D eigenvalue weighted by Crippen LogP contribution is 2.29. The van der Waals surface area contributed by atoms with Crippen LogP contribution in [0.1, 0.15) is 32.4 Å². The second-order valence-electron chi connectivity index (χ2n) is 6.89. The Bertz CT molecular complexity index is 1040. The van der Waals surface area contributed by atoms with Crippen LogP contribution in [0.2, 0.25) is 0 Å². The summed E-state index contributed by atoms with van der Waals surface area (Å²) >= 11 is 0. The smallest absolute Gasteiger partial charge is 0.241 e. The molecule has 0 aliphatic heterocycles. The van der Waals surface area contributed by atoms with Crippen molar-refractivity contribution in [3.8, 4) is 11.5 Å². The zero-order chi connectivity index (χ0) is 23.2. The van der Waals surface area contributed by atoms with Crippen LogP contribution in [0.3, 0.4) is 0 Å². The van der Waals surface area contributed by atoms with E-state index in [1.165, 1.54) is 52.3 Å². The Morgan fingerprint density at radius 1 is 0.968 bits per heavy atom. The minimum atomic E-state index is -3.94. The molecule has 0 radical (unpaired) electrons. The Kier molecular flexibility index (Phi) is 8.01. The van der Waals surface area contributed by atoms with Crippen molar-refractivity contribution in [3.63, 3.8) is 0 Å². The summed E-state index contributed by atoms with van der Waals surface area (Å²) in [5.41, 5.74) is 1.16. The van der Waals surface area contributed by atoms with Crippen LogP contribution in [0, 0.1) is 0 Å². The first-order valence-corrected chi connectivity index (χ1v) is 11.0. The maximum absolute atomic E-state index is 12.6. The lowest BCUT2D eigenvalue weighted by atomic mass is 10.1. The zero-order valence-corrected chi connectivity index (χ0v) is 18.9. The molecule has 2 aromatic rings. The Hall–Kier alpha value is -3.11. The summed E-state index contributed by atoms with van der Waals surface area (Å²) in [4.78, 5) is 23.7. The van der Waals surface area contributed by atoms with Gasteiger partial charge in [0, 0.05) is 18.2 Å². The van der Waals surface area contributed by atoms with E-state index in [2.05, 4.69) is 15.4 Å². The SMILES string of the molecule is COc1ccc(OC)c(C(C)NC(=O)[C@H](C)NS(=O)(=O)c2ccc(NC(C)=O)cc2)c1. The van der Waals surface area contributed by atoms with E-state index in [1.807, 2.05) is 0 Å². The molecule has 0 aromatic heterocycles. The summed E-state index contributed by atoms with van der Waals surface area (Å²) < 4.78 is 38.1. The van der Waals surface area contributed by atoms with E-state index in [4.69, 9.17) is 9.47 Å². The molecule has 3 N–H and O–H groups in total. The summed E-state index contributed by atoms with van der Waals surface area (Å²) in [6.07, 6.45) is 0. The van der Waals surface area contributed by atoms with Gasteiger partial charge in [-0.2, -0.15) is 4.72 Å².